The van der Waals surface area contributed by atoms with E-state index >= 15 is 0 Å². The fourth-order valence-corrected chi connectivity index (χ4v) is 3.27. The van der Waals surface area contributed by atoms with Gasteiger partial charge in [0.05, 0.1) is 6.54 Å². The second-order valence-electron chi connectivity index (χ2n) is 6.24. The summed E-state index contributed by atoms with van der Waals surface area (Å²) in [4.78, 5) is 20.6. The van der Waals surface area contributed by atoms with Crippen molar-refractivity contribution in [1.82, 2.24) is 24.6 Å². The van der Waals surface area contributed by atoms with E-state index in [-0.39, 0.29) is 5.91 Å². The molecule has 0 spiro atoms. The van der Waals surface area contributed by atoms with E-state index in [4.69, 9.17) is 0 Å². The molecule has 3 rings (SSSR count). The van der Waals surface area contributed by atoms with Crippen LogP contribution in [0.1, 0.15) is 19.3 Å². The summed E-state index contributed by atoms with van der Waals surface area (Å²) < 4.78 is 1.72. The lowest BCUT2D eigenvalue weighted by molar-refractivity contribution is -0.130. The third-order valence-electron chi connectivity index (χ3n) is 4.60. The molecule has 6 heteroatoms. The molecule has 0 radical (unpaired) electrons. The van der Waals surface area contributed by atoms with Crippen molar-refractivity contribution in [3.8, 4) is 0 Å². The number of aryl methyl sites for hydroxylation is 1. The first-order chi connectivity index (χ1) is 9.65. The van der Waals surface area contributed by atoms with Gasteiger partial charge in [-0.05, 0) is 38.8 Å². The van der Waals surface area contributed by atoms with E-state index < -0.39 is 0 Å². The number of aromatic nitrogens is 3. The van der Waals surface area contributed by atoms with Gasteiger partial charge in [-0.3, -0.25) is 9.48 Å². The van der Waals surface area contributed by atoms with Crippen molar-refractivity contribution < 1.29 is 4.79 Å². The Bertz CT molecular complexity index is 444. The Hall–Kier alpha value is -1.43. The van der Waals surface area contributed by atoms with Gasteiger partial charge >= 0.3 is 0 Å². The van der Waals surface area contributed by atoms with Crippen LogP contribution in [0, 0.1) is 11.8 Å². The van der Waals surface area contributed by atoms with Gasteiger partial charge < -0.3 is 9.80 Å². The number of hydrogen-bond acceptors (Lipinski definition) is 4. The first kappa shape index (κ1) is 13.5. The Morgan fingerprint density at radius 3 is 2.75 bits per heavy atom. The number of likely N-dealkylation sites (N-methyl/N-ethyl adjacent to an activating group) is 1. The number of nitrogens with zero attached hydrogens (tertiary/aromatic N) is 5. The molecule has 0 N–H and O–H groups in total. The molecule has 0 aromatic carbocycles. The van der Waals surface area contributed by atoms with E-state index in [1.165, 1.54) is 19.2 Å². The highest BCUT2D eigenvalue weighted by atomic mass is 16.2. The summed E-state index contributed by atoms with van der Waals surface area (Å²) in [5.41, 5.74) is 0. The molecule has 2 atom stereocenters. The van der Waals surface area contributed by atoms with Crippen LogP contribution in [0.3, 0.4) is 0 Å². The highest BCUT2D eigenvalue weighted by molar-refractivity contribution is 5.76. The summed E-state index contributed by atoms with van der Waals surface area (Å²) in [5, 5.41) is 4.04. The van der Waals surface area contributed by atoms with Crippen molar-refractivity contribution in [2.24, 2.45) is 11.8 Å². The zero-order valence-electron chi connectivity index (χ0n) is 12.3. The van der Waals surface area contributed by atoms with Crippen LogP contribution in [0.25, 0.3) is 0 Å². The van der Waals surface area contributed by atoms with Gasteiger partial charge in [-0.15, -0.1) is 0 Å². The van der Waals surface area contributed by atoms with Crippen LogP contribution in [0.15, 0.2) is 12.7 Å². The zero-order valence-corrected chi connectivity index (χ0v) is 12.3. The zero-order chi connectivity index (χ0) is 14.1. The summed E-state index contributed by atoms with van der Waals surface area (Å²) in [7, 11) is 4.26. The maximum absolute atomic E-state index is 12.3. The van der Waals surface area contributed by atoms with Crippen molar-refractivity contribution in [3.05, 3.63) is 12.7 Å². The second kappa shape index (κ2) is 5.52. The number of carbonyl (C=O) groups excluding carboxylic acids is 1. The molecule has 1 aliphatic heterocycles. The maximum atomic E-state index is 12.3. The molecule has 2 heterocycles. The van der Waals surface area contributed by atoms with E-state index in [9.17, 15) is 4.79 Å². The first-order valence-electron chi connectivity index (χ1n) is 7.42. The van der Waals surface area contributed by atoms with Crippen molar-refractivity contribution in [2.45, 2.75) is 31.8 Å². The smallest absolute Gasteiger partial charge is 0.224 e. The molecule has 0 bridgehead atoms. The van der Waals surface area contributed by atoms with Gasteiger partial charge in [0.1, 0.15) is 12.7 Å². The van der Waals surface area contributed by atoms with Gasteiger partial charge in [0, 0.05) is 25.6 Å². The van der Waals surface area contributed by atoms with E-state index in [1.54, 1.807) is 11.0 Å². The molecule has 110 valence electrons. The van der Waals surface area contributed by atoms with Crippen LogP contribution in [-0.2, 0) is 11.3 Å². The third kappa shape index (κ3) is 2.85. The molecule has 6 nitrogen and oxygen atoms in total. The van der Waals surface area contributed by atoms with Crippen molar-refractivity contribution in [1.29, 1.82) is 0 Å². The highest BCUT2D eigenvalue weighted by Gasteiger charge is 2.44. The lowest BCUT2D eigenvalue weighted by atomic mass is 9.97. The Morgan fingerprint density at radius 2 is 2.15 bits per heavy atom. The maximum Gasteiger partial charge on any atom is 0.224 e. The lowest BCUT2D eigenvalue weighted by Gasteiger charge is -2.24. The van der Waals surface area contributed by atoms with Crippen molar-refractivity contribution in [3.63, 3.8) is 0 Å². The minimum absolute atomic E-state index is 0.246. The summed E-state index contributed by atoms with van der Waals surface area (Å²) in [6, 6.07) is 0.526. The van der Waals surface area contributed by atoms with Crippen molar-refractivity contribution in [2.75, 3.05) is 27.2 Å². The normalized spacial score (nSPS) is 26.4. The Morgan fingerprint density at radius 1 is 1.35 bits per heavy atom. The summed E-state index contributed by atoms with van der Waals surface area (Å²) in [6.07, 6.45) is 6.37. The molecular weight excluding hydrogens is 254 g/mol. The monoisotopic (exact) mass is 277 g/mol. The Labute approximate surface area is 119 Å². The Balaban J connectivity index is 1.55. The van der Waals surface area contributed by atoms with E-state index in [0.29, 0.717) is 24.9 Å². The molecule has 2 aliphatic rings. The van der Waals surface area contributed by atoms with Crippen LogP contribution in [0.2, 0.25) is 0 Å². The van der Waals surface area contributed by atoms with Crippen LogP contribution < -0.4 is 0 Å². The fraction of sp³-hybridized carbons (Fsp3) is 0.786. The van der Waals surface area contributed by atoms with Crippen LogP contribution >= 0.6 is 0 Å². The topological polar surface area (TPSA) is 54.3 Å². The molecular formula is C14H23N5O. The predicted octanol–water partition coefficient (Wildman–Crippen LogP) is 0.467. The second-order valence-corrected chi connectivity index (χ2v) is 6.24. The lowest BCUT2D eigenvalue weighted by Crippen LogP contribution is -2.37. The molecule has 1 saturated heterocycles. The van der Waals surface area contributed by atoms with Crippen LogP contribution in [0.4, 0.5) is 0 Å². The van der Waals surface area contributed by atoms with Gasteiger partial charge in [-0.25, -0.2) is 4.98 Å². The highest BCUT2D eigenvalue weighted by Crippen LogP contribution is 2.42. The standard InChI is InChI=1S/C14H23N5O/c1-17(2)13-8-18(7-12(13)11-3-4-11)14(20)5-6-19-10-15-9-16-19/h9-13H,3-8H2,1-2H3/t12-,13+/m0/s1. The number of amides is 1. The molecule has 1 saturated carbocycles. The minimum atomic E-state index is 0.246. The van der Waals surface area contributed by atoms with Gasteiger partial charge in [0.15, 0.2) is 0 Å². The van der Waals surface area contributed by atoms with Gasteiger partial charge in [-0.2, -0.15) is 5.10 Å². The van der Waals surface area contributed by atoms with Crippen LogP contribution in [-0.4, -0.2) is 63.7 Å². The number of rotatable bonds is 5. The van der Waals surface area contributed by atoms with Crippen LogP contribution in [0.5, 0.6) is 0 Å². The van der Waals surface area contributed by atoms with Gasteiger partial charge in [0.25, 0.3) is 0 Å². The molecule has 0 unspecified atom stereocenters. The average Bonchev–Trinajstić information content (AvgIpc) is 2.97. The number of carbonyl (C=O) groups is 1. The van der Waals surface area contributed by atoms with Gasteiger partial charge in [-0.1, -0.05) is 0 Å². The predicted molar refractivity (Wildman–Crippen MR) is 74.9 cm³/mol. The number of hydrogen-bond donors (Lipinski definition) is 0. The first-order valence-corrected chi connectivity index (χ1v) is 7.42. The molecule has 20 heavy (non-hydrogen) atoms. The van der Waals surface area contributed by atoms with E-state index in [0.717, 1.165) is 19.0 Å². The molecule has 2 fully saturated rings. The van der Waals surface area contributed by atoms with Crippen molar-refractivity contribution >= 4 is 5.91 Å². The molecule has 1 aliphatic carbocycles. The third-order valence-corrected chi connectivity index (χ3v) is 4.60. The number of likely N-dealkylation sites (tertiary alicyclic amines) is 1. The molecule has 1 amide bonds. The summed E-state index contributed by atoms with van der Waals surface area (Å²) in [6.45, 7) is 2.43. The molecule has 1 aromatic rings. The van der Waals surface area contributed by atoms with E-state index in [2.05, 4.69) is 29.1 Å². The minimum Gasteiger partial charge on any atom is -0.341 e. The van der Waals surface area contributed by atoms with E-state index in [1.807, 2.05) is 4.90 Å². The van der Waals surface area contributed by atoms with Gasteiger partial charge in [0.2, 0.25) is 5.91 Å². The SMILES string of the molecule is CN(C)[C@@H]1CN(C(=O)CCn2cncn2)C[C@H]1C1CC1. The average molecular weight is 277 g/mol. The summed E-state index contributed by atoms with van der Waals surface area (Å²) >= 11 is 0. The Kier molecular flexibility index (Phi) is 3.74. The summed E-state index contributed by atoms with van der Waals surface area (Å²) in [5.74, 6) is 1.76. The molecule has 1 aromatic heterocycles. The quantitative estimate of drug-likeness (QED) is 0.785. The largest absolute Gasteiger partial charge is 0.341 e. The fourth-order valence-electron chi connectivity index (χ4n) is 3.27.